The number of halogens is 2. The van der Waals surface area contributed by atoms with Crippen molar-refractivity contribution in [1.82, 2.24) is 4.98 Å². The van der Waals surface area contributed by atoms with Gasteiger partial charge in [-0.15, -0.1) is 0 Å². The van der Waals surface area contributed by atoms with E-state index in [4.69, 9.17) is 21.8 Å². The summed E-state index contributed by atoms with van der Waals surface area (Å²) in [5, 5.41) is -0.173. The SMILES string of the molecule is NC(=O)c1cc2c(F)c(Cl)ncc2o1. The second-order valence-corrected chi connectivity index (χ2v) is 2.97. The van der Waals surface area contributed by atoms with Crippen molar-refractivity contribution in [2.24, 2.45) is 5.73 Å². The number of hydrogen-bond donors (Lipinski definition) is 1. The van der Waals surface area contributed by atoms with Crippen LogP contribution >= 0.6 is 11.6 Å². The molecule has 0 unspecified atom stereocenters. The lowest BCUT2D eigenvalue weighted by atomic mass is 10.3. The maximum absolute atomic E-state index is 13.3. The number of fused-ring (bicyclic) bond motifs is 1. The molecule has 0 atom stereocenters. The van der Waals surface area contributed by atoms with Crippen LogP contribution in [0.4, 0.5) is 4.39 Å². The first-order valence-electron chi connectivity index (χ1n) is 3.63. The van der Waals surface area contributed by atoms with E-state index in [1.54, 1.807) is 0 Å². The van der Waals surface area contributed by atoms with Crippen molar-refractivity contribution >= 4 is 28.5 Å². The molecule has 0 radical (unpaired) electrons. The van der Waals surface area contributed by atoms with Crippen LogP contribution in [0.5, 0.6) is 0 Å². The summed E-state index contributed by atoms with van der Waals surface area (Å²) in [5.41, 5.74) is 5.10. The molecular formula is C8H4ClFN2O2. The molecule has 0 saturated heterocycles. The van der Waals surface area contributed by atoms with Crippen LogP contribution in [0.2, 0.25) is 5.15 Å². The molecule has 72 valence electrons. The molecule has 0 aliphatic carbocycles. The van der Waals surface area contributed by atoms with E-state index in [9.17, 15) is 9.18 Å². The number of pyridine rings is 1. The van der Waals surface area contributed by atoms with Crippen molar-refractivity contribution in [3.63, 3.8) is 0 Å². The molecule has 2 rings (SSSR count). The summed E-state index contributed by atoms with van der Waals surface area (Å²) < 4.78 is 18.2. The van der Waals surface area contributed by atoms with Gasteiger partial charge in [-0.3, -0.25) is 4.79 Å². The highest BCUT2D eigenvalue weighted by atomic mass is 35.5. The molecule has 0 spiro atoms. The van der Waals surface area contributed by atoms with Crippen LogP contribution in [0.15, 0.2) is 16.7 Å². The smallest absolute Gasteiger partial charge is 0.284 e. The molecule has 0 saturated carbocycles. The van der Waals surface area contributed by atoms with Gasteiger partial charge in [0.1, 0.15) is 0 Å². The van der Waals surface area contributed by atoms with Crippen LogP contribution in [-0.4, -0.2) is 10.9 Å². The minimum absolute atomic E-state index is 0.0961. The average molecular weight is 215 g/mol. The van der Waals surface area contributed by atoms with Gasteiger partial charge >= 0.3 is 0 Å². The lowest BCUT2D eigenvalue weighted by Gasteiger charge is -1.91. The first-order valence-corrected chi connectivity index (χ1v) is 4.00. The predicted octanol–water partition coefficient (Wildman–Crippen LogP) is 1.72. The van der Waals surface area contributed by atoms with E-state index in [0.717, 1.165) is 0 Å². The third-order valence-electron chi connectivity index (χ3n) is 1.72. The standard InChI is InChI=1S/C8H4ClFN2O2/c9-7-6(10)3-1-4(8(11)13)14-5(3)2-12-7/h1-2H,(H2,11,13). The van der Waals surface area contributed by atoms with Crippen LogP contribution in [-0.2, 0) is 0 Å². The van der Waals surface area contributed by atoms with E-state index < -0.39 is 11.7 Å². The summed E-state index contributed by atoms with van der Waals surface area (Å²) in [6.07, 6.45) is 1.23. The Labute approximate surface area is 82.5 Å². The molecule has 0 bridgehead atoms. The zero-order chi connectivity index (χ0) is 10.3. The van der Waals surface area contributed by atoms with Gasteiger partial charge in [0.15, 0.2) is 22.3 Å². The molecule has 0 fully saturated rings. The quantitative estimate of drug-likeness (QED) is 0.735. The highest BCUT2D eigenvalue weighted by Crippen LogP contribution is 2.25. The van der Waals surface area contributed by atoms with Crippen molar-refractivity contribution in [2.45, 2.75) is 0 Å². The number of carbonyl (C=O) groups is 1. The molecule has 14 heavy (non-hydrogen) atoms. The molecule has 0 aliphatic rings. The molecular weight excluding hydrogens is 211 g/mol. The van der Waals surface area contributed by atoms with Gasteiger partial charge in [-0.05, 0) is 0 Å². The van der Waals surface area contributed by atoms with Gasteiger partial charge < -0.3 is 10.2 Å². The second kappa shape index (κ2) is 2.95. The first-order chi connectivity index (χ1) is 6.59. The number of nitrogens with two attached hydrogens (primary N) is 1. The minimum Gasteiger partial charge on any atom is -0.449 e. The first kappa shape index (κ1) is 8.96. The summed E-state index contributed by atoms with van der Waals surface area (Å²) in [5.74, 6) is -1.61. The molecule has 0 aliphatic heterocycles. The molecule has 6 heteroatoms. The fourth-order valence-corrected chi connectivity index (χ4v) is 1.23. The third-order valence-corrected chi connectivity index (χ3v) is 1.98. The van der Waals surface area contributed by atoms with Gasteiger partial charge in [0.2, 0.25) is 0 Å². The van der Waals surface area contributed by atoms with Gasteiger partial charge in [0, 0.05) is 6.07 Å². The fourth-order valence-electron chi connectivity index (χ4n) is 1.08. The molecule has 2 N–H and O–H groups in total. The Morgan fingerprint density at radius 1 is 1.64 bits per heavy atom. The number of carbonyl (C=O) groups excluding carboxylic acids is 1. The van der Waals surface area contributed by atoms with Crippen molar-refractivity contribution in [2.75, 3.05) is 0 Å². The van der Waals surface area contributed by atoms with Crippen LogP contribution in [0, 0.1) is 5.82 Å². The number of nitrogens with zero attached hydrogens (tertiary/aromatic N) is 1. The summed E-state index contributed by atoms with van der Waals surface area (Å²) in [6.45, 7) is 0. The Hall–Kier alpha value is -1.62. The third kappa shape index (κ3) is 1.22. The highest BCUT2D eigenvalue weighted by molar-refractivity contribution is 6.30. The maximum atomic E-state index is 13.3. The fraction of sp³-hybridized carbons (Fsp3) is 0. The number of furan rings is 1. The zero-order valence-electron chi connectivity index (χ0n) is 6.75. The number of rotatable bonds is 1. The van der Waals surface area contributed by atoms with Gasteiger partial charge in [-0.25, -0.2) is 9.37 Å². The van der Waals surface area contributed by atoms with Crippen molar-refractivity contribution in [3.8, 4) is 0 Å². The Balaban J connectivity index is 2.77. The van der Waals surface area contributed by atoms with Gasteiger partial charge in [0.05, 0.1) is 11.6 Å². The van der Waals surface area contributed by atoms with Crippen LogP contribution in [0.25, 0.3) is 11.0 Å². The Morgan fingerprint density at radius 3 is 3.00 bits per heavy atom. The number of primary amides is 1. The zero-order valence-corrected chi connectivity index (χ0v) is 7.51. The highest BCUT2D eigenvalue weighted by Gasteiger charge is 2.14. The van der Waals surface area contributed by atoms with E-state index in [0.29, 0.717) is 0 Å². The van der Waals surface area contributed by atoms with E-state index in [1.165, 1.54) is 12.3 Å². The summed E-state index contributed by atoms with van der Waals surface area (Å²) >= 11 is 5.43. The average Bonchev–Trinajstić information content (AvgIpc) is 2.56. The van der Waals surface area contributed by atoms with E-state index in [-0.39, 0.29) is 21.9 Å². The van der Waals surface area contributed by atoms with Crippen LogP contribution in [0.3, 0.4) is 0 Å². The molecule has 0 aromatic carbocycles. The summed E-state index contributed by atoms with van der Waals surface area (Å²) in [7, 11) is 0. The molecule has 2 aromatic rings. The lowest BCUT2D eigenvalue weighted by Crippen LogP contribution is -2.08. The summed E-state index contributed by atoms with van der Waals surface area (Å²) in [6, 6.07) is 1.19. The van der Waals surface area contributed by atoms with Crippen LogP contribution < -0.4 is 5.73 Å². The molecule has 1 amide bonds. The molecule has 4 nitrogen and oxygen atoms in total. The Kier molecular flexibility index (Phi) is 1.89. The van der Waals surface area contributed by atoms with E-state index in [1.807, 2.05) is 0 Å². The van der Waals surface area contributed by atoms with E-state index >= 15 is 0 Å². The van der Waals surface area contributed by atoms with Crippen molar-refractivity contribution in [3.05, 3.63) is 29.0 Å². The monoisotopic (exact) mass is 214 g/mol. The predicted molar refractivity (Wildman–Crippen MR) is 47.5 cm³/mol. The normalized spacial score (nSPS) is 10.7. The number of hydrogen-bond acceptors (Lipinski definition) is 3. The number of amides is 1. The Bertz CT molecular complexity index is 523. The van der Waals surface area contributed by atoms with E-state index in [2.05, 4.69) is 4.98 Å². The topological polar surface area (TPSA) is 69.1 Å². The molecule has 2 heterocycles. The second-order valence-electron chi connectivity index (χ2n) is 2.62. The van der Waals surface area contributed by atoms with Crippen molar-refractivity contribution in [1.29, 1.82) is 0 Å². The van der Waals surface area contributed by atoms with Gasteiger partial charge in [-0.1, -0.05) is 11.6 Å². The largest absolute Gasteiger partial charge is 0.449 e. The lowest BCUT2D eigenvalue weighted by molar-refractivity contribution is 0.0976. The minimum atomic E-state index is -0.767. The maximum Gasteiger partial charge on any atom is 0.284 e. The molecule has 2 aromatic heterocycles. The Morgan fingerprint density at radius 2 is 2.36 bits per heavy atom. The van der Waals surface area contributed by atoms with Crippen molar-refractivity contribution < 1.29 is 13.6 Å². The van der Waals surface area contributed by atoms with Crippen LogP contribution in [0.1, 0.15) is 10.6 Å². The number of aromatic nitrogens is 1. The van der Waals surface area contributed by atoms with Gasteiger partial charge in [0.25, 0.3) is 5.91 Å². The summed E-state index contributed by atoms with van der Waals surface area (Å²) in [4.78, 5) is 14.2. The van der Waals surface area contributed by atoms with Gasteiger partial charge in [-0.2, -0.15) is 0 Å².